The van der Waals surface area contributed by atoms with Gasteiger partial charge in [-0.25, -0.2) is 4.98 Å². The van der Waals surface area contributed by atoms with Crippen molar-refractivity contribution in [3.63, 3.8) is 0 Å². The predicted molar refractivity (Wildman–Crippen MR) is 69.3 cm³/mol. The van der Waals surface area contributed by atoms with Gasteiger partial charge in [0, 0.05) is 11.3 Å². The van der Waals surface area contributed by atoms with Gasteiger partial charge in [0.1, 0.15) is 0 Å². The summed E-state index contributed by atoms with van der Waals surface area (Å²) < 4.78 is 5.67. The molecule has 0 aliphatic carbocycles. The zero-order valence-corrected chi connectivity index (χ0v) is 11.1. The lowest BCUT2D eigenvalue weighted by Crippen LogP contribution is -2.05. The van der Waals surface area contributed by atoms with Crippen molar-refractivity contribution < 1.29 is 9.84 Å². The molecule has 3 nitrogen and oxygen atoms in total. The summed E-state index contributed by atoms with van der Waals surface area (Å²) in [6.45, 7) is 6.78. The van der Waals surface area contributed by atoms with Crippen LogP contribution in [0.4, 0.5) is 0 Å². The van der Waals surface area contributed by atoms with Crippen LogP contribution in [-0.2, 0) is 6.61 Å². The van der Waals surface area contributed by atoms with Crippen LogP contribution < -0.4 is 4.74 Å². The number of hydrogen-bond acceptors (Lipinski definition) is 3. The van der Waals surface area contributed by atoms with Crippen LogP contribution in [0.25, 0.3) is 0 Å². The molecule has 0 atom stereocenters. The van der Waals surface area contributed by atoms with Gasteiger partial charge >= 0.3 is 0 Å². The Kier molecular flexibility index (Phi) is 5.98. The first-order valence-corrected chi connectivity index (χ1v) is 6.39. The maximum atomic E-state index is 9.31. The minimum atomic E-state index is -0.0105. The Labute approximate surface area is 104 Å². The molecule has 0 unspecified atom stereocenters. The molecule has 0 saturated carbocycles. The number of aryl methyl sites for hydroxylation is 2. The summed E-state index contributed by atoms with van der Waals surface area (Å²) >= 11 is 0. The Hall–Kier alpha value is -1.09. The molecule has 1 rings (SSSR count). The second-order valence-corrected chi connectivity index (χ2v) is 4.43. The van der Waals surface area contributed by atoms with E-state index in [1.165, 1.54) is 19.3 Å². The predicted octanol–water partition coefficient (Wildman–Crippen LogP) is 3.15. The molecule has 0 saturated heterocycles. The molecule has 3 heteroatoms. The fourth-order valence-electron chi connectivity index (χ4n) is 1.84. The molecule has 0 aliphatic heterocycles. The first kappa shape index (κ1) is 14.0. The van der Waals surface area contributed by atoms with E-state index in [0.29, 0.717) is 12.5 Å². The fraction of sp³-hybridized carbons (Fsp3) is 0.643. The summed E-state index contributed by atoms with van der Waals surface area (Å²) in [6.07, 6.45) is 4.71. The highest BCUT2D eigenvalue weighted by atomic mass is 16.5. The van der Waals surface area contributed by atoms with Gasteiger partial charge in [0.2, 0.25) is 5.88 Å². The van der Waals surface area contributed by atoms with Crippen LogP contribution >= 0.6 is 0 Å². The minimum Gasteiger partial charge on any atom is -0.477 e. The van der Waals surface area contributed by atoms with Gasteiger partial charge in [0.25, 0.3) is 0 Å². The lowest BCUT2D eigenvalue weighted by molar-refractivity contribution is 0.253. The van der Waals surface area contributed by atoms with Gasteiger partial charge in [-0.05, 0) is 31.9 Å². The van der Waals surface area contributed by atoms with E-state index in [2.05, 4.69) is 11.9 Å². The van der Waals surface area contributed by atoms with E-state index in [1.807, 2.05) is 19.9 Å². The maximum Gasteiger partial charge on any atom is 0.219 e. The van der Waals surface area contributed by atoms with Crippen molar-refractivity contribution in [1.82, 2.24) is 4.98 Å². The average Bonchev–Trinajstić information content (AvgIpc) is 2.28. The quantitative estimate of drug-likeness (QED) is 0.741. The van der Waals surface area contributed by atoms with E-state index in [4.69, 9.17) is 4.74 Å². The summed E-state index contributed by atoms with van der Waals surface area (Å²) in [5.74, 6) is 0.599. The van der Waals surface area contributed by atoms with Crippen LogP contribution in [0.5, 0.6) is 5.88 Å². The van der Waals surface area contributed by atoms with Crippen LogP contribution in [0.2, 0.25) is 0 Å². The van der Waals surface area contributed by atoms with Crippen molar-refractivity contribution in [2.45, 2.75) is 53.1 Å². The number of nitrogens with zero attached hydrogens (tertiary/aromatic N) is 1. The largest absolute Gasteiger partial charge is 0.477 e. The Morgan fingerprint density at radius 1 is 1.24 bits per heavy atom. The Bertz CT molecular complexity index is 350. The van der Waals surface area contributed by atoms with Gasteiger partial charge in [0.05, 0.1) is 13.2 Å². The third-order valence-electron chi connectivity index (χ3n) is 2.83. The van der Waals surface area contributed by atoms with E-state index in [1.54, 1.807) is 0 Å². The number of ether oxygens (including phenoxy) is 1. The average molecular weight is 237 g/mol. The first-order chi connectivity index (χ1) is 8.19. The van der Waals surface area contributed by atoms with E-state index >= 15 is 0 Å². The molecule has 0 radical (unpaired) electrons. The Morgan fingerprint density at radius 2 is 2.00 bits per heavy atom. The third kappa shape index (κ3) is 4.35. The van der Waals surface area contributed by atoms with Crippen molar-refractivity contribution in [2.75, 3.05) is 6.61 Å². The molecule has 1 aromatic heterocycles. The summed E-state index contributed by atoms with van der Waals surface area (Å²) in [4.78, 5) is 4.34. The van der Waals surface area contributed by atoms with Gasteiger partial charge in [-0.3, -0.25) is 0 Å². The molecule has 0 aromatic carbocycles. The Morgan fingerprint density at radius 3 is 2.65 bits per heavy atom. The van der Waals surface area contributed by atoms with Crippen LogP contribution in [0, 0.1) is 13.8 Å². The number of aliphatic hydroxyl groups excluding tert-OH is 1. The smallest absolute Gasteiger partial charge is 0.219 e. The van der Waals surface area contributed by atoms with Gasteiger partial charge in [-0.1, -0.05) is 26.2 Å². The monoisotopic (exact) mass is 237 g/mol. The van der Waals surface area contributed by atoms with Crippen LogP contribution in [0.1, 0.15) is 49.4 Å². The first-order valence-electron chi connectivity index (χ1n) is 6.39. The van der Waals surface area contributed by atoms with E-state index in [-0.39, 0.29) is 6.61 Å². The number of rotatable bonds is 7. The van der Waals surface area contributed by atoms with Crippen molar-refractivity contribution in [2.24, 2.45) is 0 Å². The second kappa shape index (κ2) is 7.28. The van der Waals surface area contributed by atoms with Gasteiger partial charge in [-0.15, -0.1) is 0 Å². The third-order valence-corrected chi connectivity index (χ3v) is 2.83. The molecule has 0 amide bonds. The van der Waals surface area contributed by atoms with Crippen molar-refractivity contribution in [3.05, 3.63) is 22.9 Å². The van der Waals surface area contributed by atoms with Crippen molar-refractivity contribution in [3.8, 4) is 5.88 Å². The van der Waals surface area contributed by atoms with Crippen LogP contribution in [0.15, 0.2) is 6.07 Å². The summed E-state index contributed by atoms with van der Waals surface area (Å²) in [5, 5.41) is 9.31. The molecular formula is C14H23NO2. The SMILES string of the molecule is CCCCCCOc1nc(C)cc(C)c1CO. The van der Waals surface area contributed by atoms with Crippen LogP contribution in [-0.4, -0.2) is 16.7 Å². The molecule has 1 aromatic rings. The van der Waals surface area contributed by atoms with Gasteiger partial charge < -0.3 is 9.84 Å². The molecule has 17 heavy (non-hydrogen) atoms. The molecule has 0 bridgehead atoms. The normalized spacial score (nSPS) is 10.6. The molecule has 96 valence electrons. The van der Waals surface area contributed by atoms with E-state index in [0.717, 1.165) is 23.2 Å². The molecule has 1 N–H and O–H groups in total. The number of pyridine rings is 1. The Balaban J connectivity index is 2.57. The highest BCUT2D eigenvalue weighted by Gasteiger charge is 2.08. The lowest BCUT2D eigenvalue weighted by Gasteiger charge is -2.12. The topological polar surface area (TPSA) is 42.4 Å². The molecular weight excluding hydrogens is 214 g/mol. The number of aromatic nitrogens is 1. The lowest BCUT2D eigenvalue weighted by atomic mass is 10.1. The van der Waals surface area contributed by atoms with Crippen LogP contribution in [0.3, 0.4) is 0 Å². The number of aliphatic hydroxyl groups is 1. The summed E-state index contributed by atoms with van der Waals surface area (Å²) in [7, 11) is 0. The van der Waals surface area contributed by atoms with E-state index < -0.39 is 0 Å². The molecule has 0 fully saturated rings. The zero-order chi connectivity index (χ0) is 12.7. The highest BCUT2D eigenvalue weighted by Crippen LogP contribution is 2.21. The van der Waals surface area contributed by atoms with Crippen molar-refractivity contribution in [1.29, 1.82) is 0 Å². The zero-order valence-electron chi connectivity index (χ0n) is 11.1. The molecule has 0 aliphatic rings. The second-order valence-electron chi connectivity index (χ2n) is 4.43. The summed E-state index contributed by atoms with van der Waals surface area (Å²) in [6, 6.07) is 1.97. The number of unbranched alkanes of at least 4 members (excludes halogenated alkanes) is 3. The molecule has 1 heterocycles. The standard InChI is InChI=1S/C14H23NO2/c1-4-5-6-7-8-17-14-13(10-16)11(2)9-12(3)15-14/h9,16H,4-8,10H2,1-3H3. The number of hydrogen-bond donors (Lipinski definition) is 1. The maximum absolute atomic E-state index is 9.31. The fourth-order valence-corrected chi connectivity index (χ4v) is 1.84. The summed E-state index contributed by atoms with van der Waals surface area (Å²) in [5.41, 5.74) is 2.79. The molecule has 0 spiro atoms. The minimum absolute atomic E-state index is 0.0105. The van der Waals surface area contributed by atoms with Gasteiger partial charge in [-0.2, -0.15) is 0 Å². The highest BCUT2D eigenvalue weighted by molar-refractivity contribution is 5.35. The van der Waals surface area contributed by atoms with Gasteiger partial charge in [0.15, 0.2) is 0 Å². The van der Waals surface area contributed by atoms with E-state index in [9.17, 15) is 5.11 Å². The van der Waals surface area contributed by atoms with Crippen molar-refractivity contribution >= 4 is 0 Å².